The van der Waals surface area contributed by atoms with Crippen LogP contribution in [0.1, 0.15) is 27.9 Å². The number of nitrogens with one attached hydrogen (secondary N) is 1. The number of pyridine rings is 2. The summed E-state index contributed by atoms with van der Waals surface area (Å²) in [5.41, 5.74) is 4.52. The molecule has 4 rings (SSSR count). The van der Waals surface area contributed by atoms with Crippen molar-refractivity contribution in [1.82, 2.24) is 19.7 Å². The monoisotopic (exact) mass is 376 g/mol. The van der Waals surface area contributed by atoms with Crippen molar-refractivity contribution < 1.29 is 4.79 Å². The fraction of sp³-hybridized carbons (Fsp3) is 0.190. The average molecular weight is 376 g/mol. The van der Waals surface area contributed by atoms with Crippen molar-refractivity contribution in [2.24, 2.45) is 0 Å². The fourth-order valence-corrected chi connectivity index (χ4v) is 3.82. The van der Waals surface area contributed by atoms with Gasteiger partial charge in [-0.25, -0.2) is 4.98 Å². The molecule has 4 heterocycles. The van der Waals surface area contributed by atoms with Crippen LogP contribution in [0.5, 0.6) is 0 Å². The van der Waals surface area contributed by atoms with Gasteiger partial charge in [0.1, 0.15) is 0 Å². The lowest BCUT2D eigenvalue weighted by Gasteiger charge is -2.04. The summed E-state index contributed by atoms with van der Waals surface area (Å²) in [5.74, 6) is -0.0696. The van der Waals surface area contributed by atoms with Crippen LogP contribution in [0.15, 0.2) is 60.4 Å². The maximum Gasteiger partial charge on any atom is 0.253 e. The highest BCUT2D eigenvalue weighted by atomic mass is 32.1. The Balaban J connectivity index is 1.58. The molecule has 0 aliphatic heterocycles. The van der Waals surface area contributed by atoms with Gasteiger partial charge in [0.2, 0.25) is 0 Å². The third-order valence-corrected chi connectivity index (χ3v) is 5.45. The predicted octanol–water partition coefficient (Wildman–Crippen LogP) is 3.99. The van der Waals surface area contributed by atoms with Crippen LogP contribution in [0.3, 0.4) is 0 Å². The first-order valence-electron chi connectivity index (χ1n) is 8.98. The molecule has 0 unspecified atom stereocenters. The first-order chi connectivity index (χ1) is 13.3. The van der Waals surface area contributed by atoms with Crippen molar-refractivity contribution in [2.45, 2.75) is 19.8 Å². The lowest BCUT2D eigenvalue weighted by molar-refractivity contribution is 0.0956. The van der Waals surface area contributed by atoms with Gasteiger partial charge < -0.3 is 9.72 Å². The van der Waals surface area contributed by atoms with Crippen LogP contribution in [-0.2, 0) is 12.8 Å². The van der Waals surface area contributed by atoms with Gasteiger partial charge in [-0.1, -0.05) is 19.1 Å². The lowest BCUT2D eigenvalue weighted by atomic mass is 10.2. The van der Waals surface area contributed by atoms with Gasteiger partial charge in [-0.3, -0.25) is 9.78 Å². The van der Waals surface area contributed by atoms with E-state index in [0.717, 1.165) is 40.3 Å². The number of hydrogen-bond acceptors (Lipinski definition) is 4. The number of thiazole rings is 1. The number of aryl methyl sites for hydroxylation is 1. The summed E-state index contributed by atoms with van der Waals surface area (Å²) in [7, 11) is 0. The molecule has 0 atom stereocenters. The predicted molar refractivity (Wildman–Crippen MR) is 108 cm³/mol. The number of nitrogens with zero attached hydrogens (tertiary/aromatic N) is 3. The summed E-state index contributed by atoms with van der Waals surface area (Å²) in [6.45, 7) is 2.67. The van der Waals surface area contributed by atoms with E-state index in [-0.39, 0.29) is 5.91 Å². The first kappa shape index (κ1) is 17.4. The normalized spacial score (nSPS) is 11.0. The lowest BCUT2D eigenvalue weighted by Crippen LogP contribution is -2.25. The minimum atomic E-state index is -0.0696. The Morgan fingerprint density at radius 1 is 1.26 bits per heavy atom. The molecule has 27 heavy (non-hydrogen) atoms. The van der Waals surface area contributed by atoms with E-state index in [1.807, 2.05) is 53.2 Å². The van der Waals surface area contributed by atoms with Gasteiger partial charge in [-0.05, 0) is 42.7 Å². The van der Waals surface area contributed by atoms with Gasteiger partial charge in [0.05, 0.1) is 27.5 Å². The Bertz CT molecular complexity index is 1070. The number of rotatable bonds is 6. The molecule has 0 bridgehead atoms. The summed E-state index contributed by atoms with van der Waals surface area (Å²) < 4.78 is 2.03. The molecule has 0 radical (unpaired) electrons. The molecule has 4 aromatic heterocycles. The summed E-state index contributed by atoms with van der Waals surface area (Å²) in [4.78, 5) is 21.6. The summed E-state index contributed by atoms with van der Waals surface area (Å²) in [6.07, 6.45) is 7.22. The Morgan fingerprint density at radius 2 is 2.19 bits per heavy atom. The number of amides is 1. The average Bonchev–Trinajstić information content (AvgIpc) is 3.33. The van der Waals surface area contributed by atoms with Crippen LogP contribution in [0.2, 0.25) is 0 Å². The zero-order valence-electron chi connectivity index (χ0n) is 15.1. The molecule has 5 nitrogen and oxygen atoms in total. The van der Waals surface area contributed by atoms with Crippen molar-refractivity contribution in [2.75, 3.05) is 6.54 Å². The molecule has 0 aliphatic carbocycles. The molecule has 0 fully saturated rings. The highest BCUT2D eigenvalue weighted by Gasteiger charge is 2.17. The van der Waals surface area contributed by atoms with Crippen LogP contribution in [0.4, 0.5) is 0 Å². The summed E-state index contributed by atoms with van der Waals surface area (Å²) >= 11 is 1.65. The molecule has 6 heteroatoms. The minimum absolute atomic E-state index is 0.0696. The molecule has 0 aromatic carbocycles. The zero-order valence-corrected chi connectivity index (χ0v) is 15.9. The smallest absolute Gasteiger partial charge is 0.253 e. The number of carbonyl (C=O) groups excluding carboxylic acids is 1. The molecule has 136 valence electrons. The number of hydrogen-bond donors (Lipinski definition) is 1. The molecule has 1 N–H and O–H groups in total. The van der Waals surface area contributed by atoms with Crippen LogP contribution in [0, 0.1) is 0 Å². The van der Waals surface area contributed by atoms with E-state index in [2.05, 4.69) is 27.6 Å². The van der Waals surface area contributed by atoms with Crippen molar-refractivity contribution in [3.8, 4) is 11.4 Å². The Hall–Kier alpha value is -2.99. The largest absolute Gasteiger partial charge is 0.352 e. The van der Waals surface area contributed by atoms with E-state index in [1.165, 1.54) is 0 Å². The SMILES string of the molecule is CCc1nc(-c2cc(C(=O)NCCc3cccnc3)c3ccccn23)cs1. The van der Waals surface area contributed by atoms with Gasteiger partial charge in [0.25, 0.3) is 5.91 Å². The summed E-state index contributed by atoms with van der Waals surface area (Å²) in [6, 6.07) is 11.7. The third kappa shape index (κ3) is 3.61. The van der Waals surface area contributed by atoms with Gasteiger partial charge in [0, 0.05) is 30.5 Å². The van der Waals surface area contributed by atoms with Gasteiger partial charge in [-0.2, -0.15) is 0 Å². The van der Waals surface area contributed by atoms with Crippen LogP contribution >= 0.6 is 11.3 Å². The molecular weight excluding hydrogens is 356 g/mol. The highest BCUT2D eigenvalue weighted by Crippen LogP contribution is 2.27. The summed E-state index contributed by atoms with van der Waals surface area (Å²) in [5, 5.41) is 6.17. The van der Waals surface area contributed by atoms with Gasteiger partial charge in [-0.15, -0.1) is 11.3 Å². The topological polar surface area (TPSA) is 59.3 Å². The quantitative estimate of drug-likeness (QED) is 0.553. The second-order valence-electron chi connectivity index (χ2n) is 6.25. The van der Waals surface area contributed by atoms with E-state index in [0.29, 0.717) is 12.1 Å². The second kappa shape index (κ2) is 7.72. The van der Waals surface area contributed by atoms with Crippen molar-refractivity contribution in [1.29, 1.82) is 0 Å². The van der Waals surface area contributed by atoms with Crippen molar-refractivity contribution >= 4 is 22.8 Å². The molecule has 0 aliphatic rings. The molecule has 0 saturated carbocycles. The van der Waals surface area contributed by atoms with Crippen LogP contribution in [-0.4, -0.2) is 26.8 Å². The highest BCUT2D eigenvalue weighted by molar-refractivity contribution is 7.09. The number of fused-ring (bicyclic) bond motifs is 1. The first-order valence-corrected chi connectivity index (χ1v) is 9.86. The number of aromatic nitrogens is 3. The maximum atomic E-state index is 12.8. The number of carbonyl (C=O) groups is 1. The Labute approximate surface area is 161 Å². The molecule has 1 amide bonds. The molecule has 0 spiro atoms. The van der Waals surface area contributed by atoms with E-state index in [1.54, 1.807) is 17.5 Å². The minimum Gasteiger partial charge on any atom is -0.352 e. The van der Waals surface area contributed by atoms with Crippen molar-refractivity contribution in [3.63, 3.8) is 0 Å². The zero-order chi connectivity index (χ0) is 18.6. The van der Waals surface area contributed by atoms with Gasteiger partial charge >= 0.3 is 0 Å². The van der Waals surface area contributed by atoms with E-state index in [9.17, 15) is 4.79 Å². The molecule has 4 aromatic rings. The Kier molecular flexibility index (Phi) is 4.98. The fourth-order valence-electron chi connectivity index (χ4n) is 3.08. The van der Waals surface area contributed by atoms with E-state index in [4.69, 9.17) is 0 Å². The maximum absolute atomic E-state index is 12.8. The van der Waals surface area contributed by atoms with Crippen LogP contribution < -0.4 is 5.32 Å². The van der Waals surface area contributed by atoms with E-state index >= 15 is 0 Å². The van der Waals surface area contributed by atoms with E-state index < -0.39 is 0 Å². The van der Waals surface area contributed by atoms with Crippen LogP contribution in [0.25, 0.3) is 16.9 Å². The molecule has 0 saturated heterocycles. The standard InChI is InChI=1S/C21H20N4OS/c1-2-20-24-17(14-27-20)19-12-16(18-7-3-4-11-25(18)19)21(26)23-10-8-15-6-5-9-22-13-15/h3-7,9,11-14H,2,8,10H2,1H3,(H,23,26). The second-order valence-corrected chi connectivity index (χ2v) is 7.19. The third-order valence-electron chi connectivity index (χ3n) is 4.46. The van der Waals surface area contributed by atoms with Gasteiger partial charge in [0.15, 0.2) is 0 Å². The Morgan fingerprint density at radius 3 is 2.96 bits per heavy atom. The van der Waals surface area contributed by atoms with Crippen molar-refractivity contribution in [3.05, 3.63) is 76.5 Å². The molecular formula is C21H20N4OS.